The van der Waals surface area contributed by atoms with E-state index in [4.69, 9.17) is 38.2 Å². The van der Waals surface area contributed by atoms with Gasteiger partial charge in [-0.2, -0.15) is 0 Å². The summed E-state index contributed by atoms with van der Waals surface area (Å²) >= 11 is 3.43. The number of thioether (sulfide) groups is 3. The maximum atomic E-state index is 13.1. The van der Waals surface area contributed by atoms with Crippen molar-refractivity contribution in [3.63, 3.8) is 0 Å². The minimum Gasteiger partial charge on any atom is -0.394 e. The van der Waals surface area contributed by atoms with Gasteiger partial charge < -0.3 is 37.3 Å². The Labute approximate surface area is 378 Å². The first-order valence-electron chi connectivity index (χ1n) is 20.6. The first kappa shape index (κ1) is 51.5. The maximum absolute atomic E-state index is 13.1. The van der Waals surface area contributed by atoms with E-state index in [0.717, 1.165) is 83.9 Å². The zero-order valence-electron chi connectivity index (χ0n) is 37.1. The summed E-state index contributed by atoms with van der Waals surface area (Å²) in [6.45, 7) is 17.9. The first-order valence-corrected chi connectivity index (χ1v) is 23.1. The molecule has 2 fully saturated rings. The fraction of sp³-hybridized carbons (Fsp3) is 0.413. The van der Waals surface area contributed by atoms with Crippen LogP contribution in [0.2, 0.25) is 0 Å². The molecule has 332 valence electrons. The van der Waals surface area contributed by atoms with Gasteiger partial charge in [0, 0.05) is 52.9 Å². The van der Waals surface area contributed by atoms with Crippen LogP contribution >= 0.6 is 35.3 Å². The minimum atomic E-state index is -0.523. The summed E-state index contributed by atoms with van der Waals surface area (Å²) in [7, 11) is 0. The minimum absolute atomic E-state index is 0.0688. The van der Waals surface area contributed by atoms with Gasteiger partial charge in [-0.15, -0.1) is 0 Å². The Hall–Kier alpha value is -4.90. The average Bonchev–Trinajstić information content (AvgIpc) is 3.73. The highest BCUT2D eigenvalue weighted by atomic mass is 32.2. The van der Waals surface area contributed by atoms with Crippen LogP contribution in [0.5, 0.6) is 0 Å². The summed E-state index contributed by atoms with van der Waals surface area (Å²) in [6.07, 6.45) is 6.99. The molecule has 3 amide bonds. The third-order valence-electron chi connectivity index (χ3n) is 10.6. The van der Waals surface area contributed by atoms with Gasteiger partial charge in [0.1, 0.15) is 0 Å². The second kappa shape index (κ2) is 23.5. The van der Waals surface area contributed by atoms with Crippen molar-refractivity contribution < 1.29 is 19.5 Å². The van der Waals surface area contributed by atoms with Crippen molar-refractivity contribution in [3.8, 4) is 0 Å². The van der Waals surface area contributed by atoms with Crippen LogP contribution in [0.3, 0.4) is 0 Å². The summed E-state index contributed by atoms with van der Waals surface area (Å²) < 4.78 is 0. The molecule has 5 aliphatic rings. The lowest BCUT2D eigenvalue weighted by atomic mass is 9.90. The van der Waals surface area contributed by atoms with Crippen molar-refractivity contribution in [1.82, 2.24) is 10.2 Å². The van der Waals surface area contributed by atoms with E-state index in [1.165, 1.54) is 17.3 Å². The Morgan fingerprint density at radius 2 is 1.27 bits per heavy atom. The first-order chi connectivity index (χ1) is 29.3. The van der Waals surface area contributed by atoms with Crippen molar-refractivity contribution in [3.05, 3.63) is 102 Å². The van der Waals surface area contributed by atoms with Crippen molar-refractivity contribution in [2.75, 3.05) is 19.7 Å². The van der Waals surface area contributed by atoms with Crippen molar-refractivity contribution >= 4 is 85.3 Å². The SMILES string of the molecule is CC.CC(=N)/C(C)=C1/C=C(C(N)=O)SC1=N.CC(=N)/C(C)=C1\C(=N)SC(C(=O)N2CC(c3ccccc3)C2)=C1C1CC1.CCCC(CO)NC(=O)C1=C/C(=C(\C)C(C)=N)C(=N)S1. The molecule has 62 heavy (non-hydrogen) atoms. The average molecular weight is 900 g/mol. The lowest BCUT2D eigenvalue weighted by Gasteiger charge is -2.39. The van der Waals surface area contributed by atoms with E-state index in [1.54, 1.807) is 46.8 Å². The molecule has 1 saturated carbocycles. The number of nitrogens with one attached hydrogen (secondary N) is 7. The predicted octanol–water partition coefficient (Wildman–Crippen LogP) is 9.05. The van der Waals surface area contributed by atoms with Crippen LogP contribution in [-0.2, 0) is 14.4 Å². The zero-order chi connectivity index (χ0) is 46.6. The van der Waals surface area contributed by atoms with E-state index >= 15 is 0 Å². The topological polar surface area (TPSA) is 256 Å². The van der Waals surface area contributed by atoms with E-state index in [-0.39, 0.29) is 34.6 Å². The maximum Gasteiger partial charge on any atom is 0.261 e. The van der Waals surface area contributed by atoms with Crippen LogP contribution in [0.4, 0.5) is 0 Å². The number of likely N-dealkylation sites (tertiary alicyclic amines) is 1. The second-order valence-electron chi connectivity index (χ2n) is 15.1. The second-order valence-corrected chi connectivity index (χ2v) is 18.2. The molecule has 0 radical (unpaired) electrons. The number of benzene rings is 1. The van der Waals surface area contributed by atoms with Gasteiger partial charge in [0.25, 0.3) is 17.7 Å². The van der Waals surface area contributed by atoms with Gasteiger partial charge in [0.05, 0.1) is 42.5 Å². The highest BCUT2D eigenvalue weighted by molar-refractivity contribution is 8.19. The van der Waals surface area contributed by atoms with Gasteiger partial charge in [0.2, 0.25) is 0 Å². The van der Waals surface area contributed by atoms with Gasteiger partial charge in [-0.25, -0.2) is 0 Å². The highest BCUT2D eigenvalue weighted by Crippen LogP contribution is 2.51. The quantitative estimate of drug-likeness (QED) is 0.0919. The van der Waals surface area contributed by atoms with Crippen LogP contribution in [0.25, 0.3) is 0 Å². The summed E-state index contributed by atoms with van der Waals surface area (Å²) in [6, 6.07) is 10.1. The molecule has 1 unspecified atom stereocenters. The third-order valence-corrected chi connectivity index (χ3v) is 13.5. The summed E-state index contributed by atoms with van der Waals surface area (Å²) in [4.78, 5) is 39.5. The summed E-state index contributed by atoms with van der Waals surface area (Å²) in [5.74, 6) is 0.0819. The van der Waals surface area contributed by atoms with Crippen LogP contribution in [0, 0.1) is 38.4 Å². The van der Waals surface area contributed by atoms with Crippen LogP contribution in [0.1, 0.15) is 99.5 Å². The molecule has 1 saturated heterocycles. The number of nitrogens with two attached hydrogens (primary N) is 1. The molecule has 1 atom stereocenters. The van der Waals surface area contributed by atoms with Crippen molar-refractivity contribution in [2.45, 2.75) is 100.0 Å². The largest absolute Gasteiger partial charge is 0.394 e. The number of aliphatic hydroxyl groups is 1. The number of amides is 3. The molecule has 0 bridgehead atoms. The van der Waals surface area contributed by atoms with Crippen LogP contribution in [0.15, 0.2) is 96.2 Å². The Morgan fingerprint density at radius 1 is 0.774 bits per heavy atom. The predicted molar refractivity (Wildman–Crippen MR) is 260 cm³/mol. The van der Waals surface area contributed by atoms with Gasteiger partial charge in [-0.05, 0) is 107 Å². The molecule has 13 nitrogen and oxygen atoms in total. The Kier molecular flexibility index (Phi) is 19.5. The molecular formula is C46H61N9O4S3. The standard InChI is InChI=1S/C21H23N3OS.C14H21N3O2S.C9H11N3OS.C2H6/c1-12(13(2)22)17-18(15-8-9-15)19(26-20(17)23)21(25)24-10-16(11-24)14-6-4-3-5-7-14;1-4-5-10(7-18)17-14(19)12-6-11(13(16)20-12)8(2)9(3)15;1-4(5(2)10)6-3-7(8(11)13)14-9(6)12;1-2/h3-7,15-16,22-23H,8-11H2,1-2H3;6,10,15-16,18H,4-5,7H2,1-3H3,(H,17,19);3,10,12H,1-2H3,(H2,11,13);1-2H3/b17-12-,22-13?,23-20?;11-8-,15-9?,16-13?;6-4-,10-5?,12-9?;. The number of nitrogens with zero attached hydrogens (tertiary/aromatic N) is 1. The monoisotopic (exact) mass is 899 g/mol. The molecule has 6 rings (SSSR count). The number of rotatable bonds is 12. The molecule has 0 aromatic heterocycles. The lowest BCUT2D eigenvalue weighted by Crippen LogP contribution is -2.48. The normalized spacial score (nSPS) is 19.9. The van der Waals surface area contributed by atoms with Crippen molar-refractivity contribution in [2.24, 2.45) is 11.7 Å². The smallest absolute Gasteiger partial charge is 0.261 e. The summed E-state index contributed by atoms with van der Waals surface area (Å²) in [5, 5.41) is 59.8. The van der Waals surface area contributed by atoms with E-state index in [9.17, 15) is 19.5 Å². The molecule has 1 aromatic rings. The molecule has 0 spiro atoms. The molecule has 4 heterocycles. The number of carbonyl (C=O) groups excluding carboxylic acids is 3. The third kappa shape index (κ3) is 13.1. The molecular weight excluding hydrogens is 839 g/mol. The number of aliphatic hydroxyl groups excluding tert-OH is 1. The highest BCUT2D eigenvalue weighted by Gasteiger charge is 2.43. The molecule has 4 aliphatic heterocycles. The number of hydrogen-bond donors (Lipinski definition) is 9. The Morgan fingerprint density at radius 3 is 1.71 bits per heavy atom. The van der Waals surface area contributed by atoms with E-state index in [1.807, 2.05) is 50.8 Å². The van der Waals surface area contributed by atoms with Crippen molar-refractivity contribution in [1.29, 1.82) is 32.5 Å². The lowest BCUT2D eigenvalue weighted by molar-refractivity contribution is -0.130. The van der Waals surface area contributed by atoms with E-state index in [0.29, 0.717) is 66.1 Å². The van der Waals surface area contributed by atoms with Gasteiger partial charge >= 0.3 is 0 Å². The fourth-order valence-electron chi connectivity index (χ4n) is 6.44. The molecule has 1 aromatic carbocycles. The number of allylic oxidation sites excluding steroid dienone is 6. The zero-order valence-corrected chi connectivity index (χ0v) is 39.6. The van der Waals surface area contributed by atoms with Gasteiger partial charge in [-0.3, -0.25) is 30.6 Å². The van der Waals surface area contributed by atoms with E-state index < -0.39 is 5.91 Å². The van der Waals surface area contributed by atoms with Gasteiger partial charge in [-0.1, -0.05) is 92.8 Å². The van der Waals surface area contributed by atoms with Crippen LogP contribution in [-0.4, -0.2) is 85.7 Å². The van der Waals surface area contributed by atoms with Crippen LogP contribution < -0.4 is 11.1 Å². The van der Waals surface area contributed by atoms with Gasteiger partial charge in [0.15, 0.2) is 0 Å². The summed E-state index contributed by atoms with van der Waals surface area (Å²) in [5.41, 5.74) is 13.0. The molecule has 1 aliphatic carbocycles. The molecule has 10 N–H and O–H groups in total. The Balaban J connectivity index is 0.000000254. The molecule has 16 heteroatoms. The Bertz CT molecular complexity index is 2220. The van der Waals surface area contributed by atoms with E-state index in [2.05, 4.69) is 17.4 Å². The fourth-order valence-corrected chi connectivity index (χ4v) is 9.29. The number of primary amides is 1. The number of carbonyl (C=O) groups is 3. The number of hydrogen-bond acceptors (Lipinski definition) is 13.